The number of ether oxygens (including phenoxy) is 2. The number of hydrogen-bond acceptors (Lipinski definition) is 6. The van der Waals surface area contributed by atoms with Crippen molar-refractivity contribution in [1.82, 2.24) is 9.80 Å². The molecule has 4 heterocycles. The summed E-state index contributed by atoms with van der Waals surface area (Å²) in [4.78, 5) is 44.3. The van der Waals surface area contributed by atoms with Crippen molar-refractivity contribution >= 4 is 23.4 Å². The Kier molecular flexibility index (Phi) is 4.90. The number of imide groups is 1. The zero-order valence-electron chi connectivity index (χ0n) is 19.5. The molecule has 4 aliphatic heterocycles. The molecule has 2 aromatic rings. The van der Waals surface area contributed by atoms with E-state index in [2.05, 4.69) is 5.32 Å². The van der Waals surface area contributed by atoms with Crippen LogP contribution in [0.2, 0.25) is 0 Å². The highest BCUT2D eigenvalue weighted by molar-refractivity contribution is 6.15. The molecule has 2 aromatic carbocycles. The number of carbonyl (C=O) groups is 3. The van der Waals surface area contributed by atoms with E-state index in [4.69, 9.17) is 9.47 Å². The fourth-order valence-corrected chi connectivity index (χ4v) is 6.73. The Hall–Kier alpha value is -3.46. The van der Waals surface area contributed by atoms with Crippen LogP contribution in [0.1, 0.15) is 24.0 Å². The van der Waals surface area contributed by atoms with Gasteiger partial charge in [0.25, 0.3) is 0 Å². The highest BCUT2D eigenvalue weighted by atomic mass is 19.1. The first-order valence-electron chi connectivity index (χ1n) is 11.9. The van der Waals surface area contributed by atoms with Gasteiger partial charge in [0, 0.05) is 23.8 Å². The molecule has 0 aliphatic carbocycles. The second-order valence-corrected chi connectivity index (χ2v) is 9.58. The molecular formula is C26H26FN3O5. The predicted molar refractivity (Wildman–Crippen MR) is 123 cm³/mol. The Morgan fingerprint density at radius 3 is 2.63 bits per heavy atom. The van der Waals surface area contributed by atoms with E-state index in [1.54, 1.807) is 20.3 Å². The van der Waals surface area contributed by atoms with Crippen molar-refractivity contribution in [3.8, 4) is 11.5 Å². The molecule has 0 radical (unpaired) electrons. The largest absolute Gasteiger partial charge is 0.493 e. The number of benzene rings is 2. The number of likely N-dealkylation sites (tertiary alicyclic amines) is 1. The number of amides is 3. The van der Waals surface area contributed by atoms with Crippen molar-refractivity contribution < 1.29 is 28.2 Å². The van der Waals surface area contributed by atoms with Crippen LogP contribution in [-0.4, -0.2) is 60.9 Å². The van der Waals surface area contributed by atoms with E-state index >= 15 is 0 Å². The zero-order valence-corrected chi connectivity index (χ0v) is 19.5. The van der Waals surface area contributed by atoms with E-state index < -0.39 is 23.2 Å². The third-order valence-corrected chi connectivity index (χ3v) is 8.12. The first-order chi connectivity index (χ1) is 16.9. The first kappa shape index (κ1) is 22.0. The van der Waals surface area contributed by atoms with Crippen LogP contribution in [0.5, 0.6) is 11.5 Å². The summed E-state index contributed by atoms with van der Waals surface area (Å²) in [5.41, 5.74) is 0.508. The normalized spacial score (nSPS) is 28.9. The molecule has 35 heavy (non-hydrogen) atoms. The number of nitrogens with zero attached hydrogens (tertiary/aromatic N) is 2. The summed E-state index contributed by atoms with van der Waals surface area (Å²) in [6.45, 7) is 0.786. The highest BCUT2D eigenvalue weighted by Crippen LogP contribution is 2.60. The first-order valence-corrected chi connectivity index (χ1v) is 11.9. The third-order valence-electron chi connectivity index (χ3n) is 8.12. The lowest BCUT2D eigenvalue weighted by Crippen LogP contribution is -2.54. The Morgan fingerprint density at radius 2 is 1.86 bits per heavy atom. The van der Waals surface area contributed by atoms with Gasteiger partial charge in [-0.15, -0.1) is 0 Å². The Morgan fingerprint density at radius 1 is 1.06 bits per heavy atom. The average molecular weight is 480 g/mol. The van der Waals surface area contributed by atoms with Gasteiger partial charge >= 0.3 is 0 Å². The number of rotatable bonds is 5. The van der Waals surface area contributed by atoms with Gasteiger partial charge in [0.05, 0.1) is 26.1 Å². The summed E-state index contributed by atoms with van der Waals surface area (Å²) in [6.07, 6.45) is 1.99. The SMILES string of the molecule is COc1ccc(CCN2C(=O)[C@H]3[C@@H](C2=O)[C@@]2(C(=O)Nc4ccc(F)cc42)N2CCC[C@@H]32)cc1OC. The summed E-state index contributed by atoms with van der Waals surface area (Å²) in [7, 11) is 3.11. The van der Waals surface area contributed by atoms with Crippen LogP contribution >= 0.6 is 0 Å². The maximum Gasteiger partial charge on any atom is 0.250 e. The van der Waals surface area contributed by atoms with Gasteiger partial charge in [0.15, 0.2) is 11.5 Å². The molecule has 4 aliphatic rings. The summed E-state index contributed by atoms with van der Waals surface area (Å²) in [6, 6.07) is 9.44. The standard InChI is InChI=1S/C26H26FN3O5/c1-34-19-8-5-14(12-20(19)35-2)9-11-29-23(31)21-18-4-3-10-30(18)26(22(21)24(29)32)16-13-15(27)6-7-17(16)28-25(26)33/h5-8,12-13,18,21-22H,3-4,9-11H2,1-2H3,(H,28,33)/t18-,21+,22-,26-/m0/s1. The zero-order chi connectivity index (χ0) is 24.5. The lowest BCUT2D eigenvalue weighted by molar-refractivity contribution is -0.145. The minimum Gasteiger partial charge on any atom is -0.493 e. The topological polar surface area (TPSA) is 88.2 Å². The van der Waals surface area contributed by atoms with E-state index in [0.29, 0.717) is 35.7 Å². The molecule has 182 valence electrons. The minimum atomic E-state index is -1.35. The van der Waals surface area contributed by atoms with Crippen LogP contribution in [0, 0.1) is 17.7 Å². The summed E-state index contributed by atoms with van der Waals surface area (Å²) < 4.78 is 25.0. The molecule has 4 atom stereocenters. The van der Waals surface area contributed by atoms with Crippen LogP contribution in [0.25, 0.3) is 0 Å². The summed E-state index contributed by atoms with van der Waals surface area (Å²) in [5.74, 6) is -1.73. The quantitative estimate of drug-likeness (QED) is 0.663. The lowest BCUT2D eigenvalue weighted by Gasteiger charge is -2.36. The second-order valence-electron chi connectivity index (χ2n) is 9.58. The molecule has 3 amide bonds. The molecule has 6 rings (SSSR count). The van der Waals surface area contributed by atoms with Gasteiger partial charge in [-0.05, 0) is 61.7 Å². The average Bonchev–Trinajstić information content (AvgIpc) is 3.56. The van der Waals surface area contributed by atoms with Gasteiger partial charge < -0.3 is 14.8 Å². The molecule has 0 unspecified atom stereocenters. The summed E-state index contributed by atoms with van der Waals surface area (Å²) in [5, 5.41) is 2.86. The number of anilines is 1. The maximum absolute atomic E-state index is 14.3. The molecule has 0 saturated carbocycles. The monoisotopic (exact) mass is 479 g/mol. The Labute approximate surface area is 202 Å². The molecule has 1 N–H and O–H groups in total. The van der Waals surface area contributed by atoms with E-state index in [1.807, 2.05) is 17.0 Å². The van der Waals surface area contributed by atoms with Gasteiger partial charge in [0.2, 0.25) is 17.7 Å². The molecule has 0 aromatic heterocycles. The molecule has 3 saturated heterocycles. The van der Waals surface area contributed by atoms with Crippen LogP contribution in [0.4, 0.5) is 10.1 Å². The Bertz CT molecular complexity index is 1270. The van der Waals surface area contributed by atoms with E-state index in [-0.39, 0.29) is 30.3 Å². The summed E-state index contributed by atoms with van der Waals surface area (Å²) >= 11 is 0. The second kappa shape index (κ2) is 7.78. The highest BCUT2D eigenvalue weighted by Gasteiger charge is 2.74. The van der Waals surface area contributed by atoms with Gasteiger partial charge in [-0.25, -0.2) is 4.39 Å². The number of nitrogens with one attached hydrogen (secondary N) is 1. The molecular weight excluding hydrogens is 453 g/mol. The van der Waals surface area contributed by atoms with Crippen LogP contribution in [0.15, 0.2) is 36.4 Å². The van der Waals surface area contributed by atoms with Crippen molar-refractivity contribution in [2.24, 2.45) is 11.8 Å². The van der Waals surface area contributed by atoms with Crippen molar-refractivity contribution in [3.05, 3.63) is 53.3 Å². The van der Waals surface area contributed by atoms with Gasteiger partial charge in [-0.3, -0.25) is 24.2 Å². The number of hydrogen-bond donors (Lipinski definition) is 1. The van der Waals surface area contributed by atoms with Crippen LogP contribution < -0.4 is 14.8 Å². The van der Waals surface area contributed by atoms with Crippen molar-refractivity contribution in [1.29, 1.82) is 0 Å². The number of methoxy groups -OCH3 is 2. The van der Waals surface area contributed by atoms with Gasteiger partial charge in [0.1, 0.15) is 11.4 Å². The smallest absolute Gasteiger partial charge is 0.250 e. The fraction of sp³-hybridized carbons (Fsp3) is 0.423. The molecule has 3 fully saturated rings. The van der Waals surface area contributed by atoms with Crippen molar-refractivity contribution in [2.75, 3.05) is 32.6 Å². The van der Waals surface area contributed by atoms with Gasteiger partial charge in [-0.1, -0.05) is 6.07 Å². The number of carbonyl (C=O) groups excluding carboxylic acids is 3. The van der Waals surface area contributed by atoms with Crippen molar-refractivity contribution in [3.63, 3.8) is 0 Å². The van der Waals surface area contributed by atoms with Crippen LogP contribution in [0.3, 0.4) is 0 Å². The molecule has 8 nitrogen and oxygen atoms in total. The van der Waals surface area contributed by atoms with Crippen LogP contribution in [-0.2, 0) is 26.3 Å². The number of halogens is 1. The van der Waals surface area contributed by atoms with E-state index in [1.165, 1.54) is 23.1 Å². The molecule has 9 heteroatoms. The molecule has 1 spiro atoms. The lowest BCUT2D eigenvalue weighted by atomic mass is 9.75. The van der Waals surface area contributed by atoms with E-state index in [0.717, 1.165) is 18.4 Å². The van der Waals surface area contributed by atoms with E-state index in [9.17, 15) is 18.8 Å². The predicted octanol–water partition coefficient (Wildman–Crippen LogP) is 2.31. The number of fused-ring (bicyclic) bond motifs is 7. The Balaban J connectivity index is 1.35. The third kappa shape index (κ3) is 2.84. The fourth-order valence-electron chi connectivity index (χ4n) is 6.73. The minimum absolute atomic E-state index is 0.195. The maximum atomic E-state index is 14.3. The molecule has 0 bridgehead atoms. The van der Waals surface area contributed by atoms with Crippen molar-refractivity contribution in [2.45, 2.75) is 30.8 Å². The van der Waals surface area contributed by atoms with Gasteiger partial charge in [-0.2, -0.15) is 0 Å².